The van der Waals surface area contributed by atoms with E-state index in [-0.39, 0.29) is 24.2 Å². The minimum absolute atomic E-state index is 0.131. The highest BCUT2D eigenvalue weighted by Gasteiger charge is 2.17. The van der Waals surface area contributed by atoms with Gasteiger partial charge in [-0.15, -0.1) is 0 Å². The smallest absolute Gasteiger partial charge is 0.331 e. The summed E-state index contributed by atoms with van der Waals surface area (Å²) >= 11 is 0. The Morgan fingerprint density at radius 1 is 1.14 bits per heavy atom. The van der Waals surface area contributed by atoms with E-state index in [0.29, 0.717) is 5.69 Å². The molecule has 8 heteroatoms. The molecule has 0 atom stereocenters. The van der Waals surface area contributed by atoms with Gasteiger partial charge < -0.3 is 9.64 Å². The molecule has 0 heterocycles. The topological polar surface area (TPSA) is 114 Å². The fourth-order valence-electron chi connectivity index (χ4n) is 2.38. The maximum absolute atomic E-state index is 12.4. The molecular formula is C20H17N3O5. The highest BCUT2D eigenvalue weighted by molar-refractivity contribution is 5.96. The Hall–Kier alpha value is -3.99. The molecule has 0 aliphatic heterocycles. The van der Waals surface area contributed by atoms with Crippen molar-refractivity contribution in [3.63, 3.8) is 0 Å². The minimum atomic E-state index is -0.806. The van der Waals surface area contributed by atoms with Gasteiger partial charge >= 0.3 is 5.97 Å². The second kappa shape index (κ2) is 10.2. The van der Waals surface area contributed by atoms with Gasteiger partial charge in [-0.2, -0.15) is 5.26 Å². The summed E-state index contributed by atoms with van der Waals surface area (Å²) < 4.78 is 4.94. The highest BCUT2D eigenvalue weighted by Crippen LogP contribution is 2.19. The number of carbonyl (C=O) groups is 2. The lowest BCUT2D eigenvalue weighted by molar-refractivity contribution is -0.385. The van der Waals surface area contributed by atoms with Crippen molar-refractivity contribution in [1.82, 2.24) is 0 Å². The number of amides is 1. The van der Waals surface area contributed by atoms with E-state index in [2.05, 4.69) is 0 Å². The lowest BCUT2D eigenvalue weighted by atomic mass is 10.1. The molecular weight excluding hydrogens is 362 g/mol. The molecule has 0 saturated heterocycles. The number of rotatable bonds is 8. The maximum Gasteiger partial charge on any atom is 0.331 e. The minimum Gasteiger partial charge on any atom is -0.452 e. The molecule has 2 aromatic carbocycles. The van der Waals surface area contributed by atoms with E-state index in [1.165, 1.54) is 29.2 Å². The predicted octanol–water partition coefficient (Wildman–Crippen LogP) is 3.10. The average molecular weight is 379 g/mol. The molecule has 2 aromatic rings. The van der Waals surface area contributed by atoms with Crippen LogP contribution in [0.2, 0.25) is 0 Å². The first kappa shape index (κ1) is 20.3. The number of carbonyl (C=O) groups excluding carboxylic acids is 2. The highest BCUT2D eigenvalue weighted by atomic mass is 16.6. The van der Waals surface area contributed by atoms with E-state index in [9.17, 15) is 19.7 Å². The standard InChI is InChI=1S/C20H17N3O5/c21-13-6-14-22(17-8-2-1-3-9-17)19(24)15-28-20(25)12-11-16-7-4-5-10-18(16)23(26)27/h1-5,7-12H,6,14-15H2. The molecule has 0 aromatic heterocycles. The van der Waals surface area contributed by atoms with Crippen LogP contribution in [0.25, 0.3) is 6.08 Å². The zero-order chi connectivity index (χ0) is 20.4. The molecule has 0 aliphatic rings. The van der Waals surface area contributed by atoms with Crippen LogP contribution in [0.4, 0.5) is 11.4 Å². The van der Waals surface area contributed by atoms with Crippen LogP contribution >= 0.6 is 0 Å². The zero-order valence-corrected chi connectivity index (χ0v) is 14.9. The lowest BCUT2D eigenvalue weighted by Gasteiger charge is -2.21. The Morgan fingerprint density at radius 2 is 1.82 bits per heavy atom. The summed E-state index contributed by atoms with van der Waals surface area (Å²) in [6.07, 6.45) is 2.42. The second-order valence-corrected chi connectivity index (χ2v) is 5.55. The van der Waals surface area contributed by atoms with Crippen molar-refractivity contribution in [1.29, 1.82) is 5.26 Å². The van der Waals surface area contributed by atoms with E-state index < -0.39 is 23.4 Å². The van der Waals surface area contributed by atoms with Gasteiger partial charge in [0, 0.05) is 24.4 Å². The summed E-state index contributed by atoms with van der Waals surface area (Å²) in [6, 6.07) is 16.6. The Kier molecular flexibility index (Phi) is 7.43. The van der Waals surface area contributed by atoms with Gasteiger partial charge in [-0.3, -0.25) is 14.9 Å². The normalized spacial score (nSPS) is 10.2. The first-order chi connectivity index (χ1) is 13.5. The number of nitriles is 1. The molecule has 2 rings (SSSR count). The fourth-order valence-corrected chi connectivity index (χ4v) is 2.38. The van der Waals surface area contributed by atoms with Crippen molar-refractivity contribution in [2.45, 2.75) is 6.42 Å². The van der Waals surface area contributed by atoms with Crippen molar-refractivity contribution in [2.75, 3.05) is 18.1 Å². The number of para-hydroxylation sites is 2. The van der Waals surface area contributed by atoms with Gasteiger partial charge in [-0.1, -0.05) is 30.3 Å². The van der Waals surface area contributed by atoms with Crippen LogP contribution in [0.5, 0.6) is 0 Å². The monoisotopic (exact) mass is 379 g/mol. The summed E-state index contributed by atoms with van der Waals surface area (Å²) in [6.45, 7) is -0.344. The summed E-state index contributed by atoms with van der Waals surface area (Å²) in [5.41, 5.74) is 0.694. The Labute approximate surface area is 161 Å². The summed E-state index contributed by atoms with van der Waals surface area (Å²) in [5, 5.41) is 19.7. The van der Waals surface area contributed by atoms with E-state index in [1.807, 2.05) is 6.07 Å². The third kappa shape index (κ3) is 5.78. The number of nitrogens with zero attached hydrogens (tertiary/aromatic N) is 3. The maximum atomic E-state index is 12.4. The van der Waals surface area contributed by atoms with Crippen molar-refractivity contribution in [3.8, 4) is 6.07 Å². The van der Waals surface area contributed by atoms with Crippen molar-refractivity contribution >= 4 is 29.3 Å². The van der Waals surface area contributed by atoms with Crippen molar-refractivity contribution in [2.24, 2.45) is 0 Å². The van der Waals surface area contributed by atoms with Crippen LogP contribution in [0.1, 0.15) is 12.0 Å². The van der Waals surface area contributed by atoms with Crippen molar-refractivity contribution in [3.05, 3.63) is 76.4 Å². The van der Waals surface area contributed by atoms with Gasteiger partial charge in [0.2, 0.25) is 0 Å². The van der Waals surface area contributed by atoms with Crippen LogP contribution in [0.3, 0.4) is 0 Å². The molecule has 0 fully saturated rings. The molecule has 1 amide bonds. The Balaban J connectivity index is 2.00. The molecule has 0 spiro atoms. The Morgan fingerprint density at radius 3 is 2.50 bits per heavy atom. The van der Waals surface area contributed by atoms with Crippen LogP contribution in [-0.4, -0.2) is 30.0 Å². The number of anilines is 1. The van der Waals surface area contributed by atoms with E-state index in [1.54, 1.807) is 36.4 Å². The molecule has 0 N–H and O–H groups in total. The van der Waals surface area contributed by atoms with Gasteiger partial charge in [0.15, 0.2) is 6.61 Å². The number of hydrogen-bond acceptors (Lipinski definition) is 6. The van der Waals surface area contributed by atoms with E-state index in [4.69, 9.17) is 10.00 Å². The zero-order valence-electron chi connectivity index (χ0n) is 14.9. The molecule has 0 aliphatic carbocycles. The summed E-state index contributed by atoms with van der Waals surface area (Å²) in [4.78, 5) is 36.0. The second-order valence-electron chi connectivity index (χ2n) is 5.55. The van der Waals surface area contributed by atoms with Crippen LogP contribution < -0.4 is 4.90 Å². The summed E-state index contributed by atoms with van der Waals surface area (Å²) in [5.74, 6) is -1.28. The number of benzene rings is 2. The average Bonchev–Trinajstić information content (AvgIpc) is 2.72. The third-order valence-electron chi connectivity index (χ3n) is 3.69. The first-order valence-electron chi connectivity index (χ1n) is 8.33. The first-order valence-corrected chi connectivity index (χ1v) is 8.33. The number of esters is 1. The molecule has 0 saturated carbocycles. The van der Waals surface area contributed by atoms with Crippen LogP contribution in [0.15, 0.2) is 60.7 Å². The SMILES string of the molecule is N#CCCN(C(=O)COC(=O)C=Cc1ccccc1[N+](=O)[O-])c1ccccc1. The largest absolute Gasteiger partial charge is 0.452 e. The lowest BCUT2D eigenvalue weighted by Crippen LogP contribution is -2.35. The molecule has 0 bridgehead atoms. The van der Waals surface area contributed by atoms with E-state index >= 15 is 0 Å². The third-order valence-corrected chi connectivity index (χ3v) is 3.69. The number of ether oxygens (including phenoxy) is 1. The number of hydrogen-bond donors (Lipinski definition) is 0. The molecule has 142 valence electrons. The predicted molar refractivity (Wildman–Crippen MR) is 102 cm³/mol. The molecule has 0 radical (unpaired) electrons. The van der Waals surface area contributed by atoms with Gasteiger partial charge in [0.05, 0.1) is 23.0 Å². The van der Waals surface area contributed by atoms with Crippen molar-refractivity contribution < 1.29 is 19.2 Å². The number of nitro benzene ring substituents is 1. The summed E-state index contributed by atoms with van der Waals surface area (Å²) in [7, 11) is 0. The molecule has 28 heavy (non-hydrogen) atoms. The van der Waals surface area contributed by atoms with Gasteiger partial charge in [-0.05, 0) is 24.3 Å². The van der Waals surface area contributed by atoms with Gasteiger partial charge in [0.25, 0.3) is 11.6 Å². The quantitative estimate of drug-likeness (QED) is 0.301. The van der Waals surface area contributed by atoms with Crippen LogP contribution in [-0.2, 0) is 14.3 Å². The molecule has 0 unspecified atom stereocenters. The van der Waals surface area contributed by atoms with Crippen LogP contribution in [0, 0.1) is 21.4 Å². The molecule has 8 nitrogen and oxygen atoms in total. The fraction of sp³-hybridized carbons (Fsp3) is 0.150. The van der Waals surface area contributed by atoms with E-state index in [0.717, 1.165) is 6.08 Å². The van der Waals surface area contributed by atoms with Gasteiger partial charge in [-0.25, -0.2) is 4.79 Å². The Bertz CT molecular complexity index is 919. The van der Waals surface area contributed by atoms with Gasteiger partial charge in [0.1, 0.15) is 0 Å². The number of nitro groups is 1.